The first-order chi connectivity index (χ1) is 10.3. The largest absolute Gasteiger partial charge is 0.396 e. The summed E-state index contributed by atoms with van der Waals surface area (Å²) in [7, 11) is 0. The van der Waals surface area contributed by atoms with Gasteiger partial charge in [0.15, 0.2) is 0 Å². The van der Waals surface area contributed by atoms with Crippen molar-refractivity contribution in [1.82, 2.24) is 9.78 Å². The third-order valence-electron chi connectivity index (χ3n) is 4.38. The molecule has 2 aromatic rings. The van der Waals surface area contributed by atoms with Gasteiger partial charge in [0.2, 0.25) is 0 Å². The molecule has 1 saturated carbocycles. The fourth-order valence-electron chi connectivity index (χ4n) is 3.13. The molecular formula is C17H21BrN2O. The van der Waals surface area contributed by atoms with Gasteiger partial charge in [-0.3, -0.25) is 4.68 Å². The van der Waals surface area contributed by atoms with Crippen LogP contribution < -0.4 is 0 Å². The van der Waals surface area contributed by atoms with E-state index in [0.29, 0.717) is 6.04 Å². The van der Waals surface area contributed by atoms with Gasteiger partial charge in [0, 0.05) is 23.0 Å². The average molecular weight is 349 g/mol. The second-order valence-electron chi connectivity index (χ2n) is 5.86. The lowest BCUT2D eigenvalue weighted by molar-refractivity contribution is 0.263. The lowest BCUT2D eigenvalue weighted by Crippen LogP contribution is -2.10. The van der Waals surface area contributed by atoms with Crippen LogP contribution in [0, 0.1) is 0 Å². The Morgan fingerprint density at radius 3 is 2.57 bits per heavy atom. The minimum atomic E-state index is 0.116. The highest BCUT2D eigenvalue weighted by atomic mass is 79.9. The molecule has 1 aliphatic carbocycles. The Balaban J connectivity index is 1.70. The van der Waals surface area contributed by atoms with Crippen molar-refractivity contribution in [2.45, 2.75) is 44.1 Å². The van der Waals surface area contributed by atoms with Crippen molar-refractivity contribution in [3.8, 4) is 0 Å². The monoisotopic (exact) mass is 348 g/mol. The highest BCUT2D eigenvalue weighted by molar-refractivity contribution is 9.10. The van der Waals surface area contributed by atoms with E-state index in [-0.39, 0.29) is 12.5 Å². The Labute approximate surface area is 134 Å². The van der Waals surface area contributed by atoms with Gasteiger partial charge in [-0.1, -0.05) is 40.9 Å². The van der Waals surface area contributed by atoms with Crippen LogP contribution in [0.4, 0.5) is 0 Å². The second-order valence-corrected chi connectivity index (χ2v) is 6.78. The Kier molecular flexibility index (Phi) is 4.76. The quantitative estimate of drug-likeness (QED) is 0.883. The standard InChI is InChI=1S/C17H21BrN2O/c18-15-7-5-13(6-8-15)14(12-21)11-16-9-10-20(19-16)17-3-1-2-4-17/h5-10,14,17,21H,1-4,11-12H2. The van der Waals surface area contributed by atoms with E-state index in [1.807, 2.05) is 12.1 Å². The Hall–Kier alpha value is -1.13. The van der Waals surface area contributed by atoms with Crippen LogP contribution in [-0.2, 0) is 6.42 Å². The smallest absolute Gasteiger partial charge is 0.0631 e. The van der Waals surface area contributed by atoms with E-state index in [0.717, 1.165) is 22.2 Å². The van der Waals surface area contributed by atoms with Crippen molar-refractivity contribution in [2.24, 2.45) is 0 Å². The second kappa shape index (κ2) is 6.75. The molecule has 4 heteroatoms. The number of nitrogens with zero attached hydrogens (tertiary/aromatic N) is 2. The molecule has 0 bridgehead atoms. The normalized spacial score (nSPS) is 17.2. The summed E-state index contributed by atoms with van der Waals surface area (Å²) >= 11 is 3.45. The number of aromatic nitrogens is 2. The van der Waals surface area contributed by atoms with Crippen LogP contribution in [0.2, 0.25) is 0 Å². The third kappa shape index (κ3) is 3.55. The molecule has 0 saturated heterocycles. The Morgan fingerprint density at radius 2 is 1.90 bits per heavy atom. The van der Waals surface area contributed by atoms with Crippen LogP contribution in [0.15, 0.2) is 41.0 Å². The summed E-state index contributed by atoms with van der Waals surface area (Å²) in [6.07, 6.45) is 8.02. The van der Waals surface area contributed by atoms with E-state index in [1.54, 1.807) is 0 Å². The maximum Gasteiger partial charge on any atom is 0.0631 e. The lowest BCUT2D eigenvalue weighted by atomic mass is 9.95. The molecule has 112 valence electrons. The first-order valence-corrected chi connectivity index (χ1v) is 8.46. The number of hydrogen-bond acceptors (Lipinski definition) is 2. The van der Waals surface area contributed by atoms with Crippen LogP contribution in [-0.4, -0.2) is 21.5 Å². The van der Waals surface area contributed by atoms with Crippen molar-refractivity contribution in [3.05, 3.63) is 52.3 Å². The number of aliphatic hydroxyl groups excluding tert-OH is 1. The van der Waals surface area contributed by atoms with Gasteiger partial charge in [-0.25, -0.2) is 0 Å². The molecule has 0 amide bonds. The van der Waals surface area contributed by atoms with Gasteiger partial charge in [0.05, 0.1) is 18.3 Å². The predicted octanol–water partition coefficient (Wildman–Crippen LogP) is 4.08. The molecule has 0 aliphatic heterocycles. The van der Waals surface area contributed by atoms with E-state index < -0.39 is 0 Å². The zero-order valence-electron chi connectivity index (χ0n) is 12.1. The fourth-order valence-corrected chi connectivity index (χ4v) is 3.40. The molecule has 0 spiro atoms. The molecule has 0 radical (unpaired) electrons. The number of halogens is 1. The van der Waals surface area contributed by atoms with Crippen LogP contribution in [0.25, 0.3) is 0 Å². The van der Waals surface area contributed by atoms with Crippen LogP contribution in [0.5, 0.6) is 0 Å². The Morgan fingerprint density at radius 1 is 1.19 bits per heavy atom. The van der Waals surface area contributed by atoms with Crippen molar-refractivity contribution >= 4 is 15.9 Å². The molecule has 3 rings (SSSR count). The fraction of sp³-hybridized carbons (Fsp3) is 0.471. The number of rotatable bonds is 5. The summed E-state index contributed by atoms with van der Waals surface area (Å²) in [6.45, 7) is 0.151. The molecule has 1 fully saturated rings. The van der Waals surface area contributed by atoms with Crippen molar-refractivity contribution < 1.29 is 5.11 Å². The van der Waals surface area contributed by atoms with Crippen molar-refractivity contribution in [2.75, 3.05) is 6.61 Å². The highest BCUT2D eigenvalue weighted by Crippen LogP contribution is 2.29. The van der Waals surface area contributed by atoms with Crippen molar-refractivity contribution in [3.63, 3.8) is 0 Å². The van der Waals surface area contributed by atoms with E-state index in [2.05, 4.69) is 45.0 Å². The molecule has 3 nitrogen and oxygen atoms in total. The molecule has 1 N–H and O–H groups in total. The Bertz CT molecular complexity index is 573. The van der Waals surface area contributed by atoms with Crippen molar-refractivity contribution in [1.29, 1.82) is 0 Å². The maximum absolute atomic E-state index is 9.68. The first kappa shape index (κ1) is 14.8. The van der Waals surface area contributed by atoms with E-state index in [9.17, 15) is 5.11 Å². The molecule has 1 aromatic heterocycles. The summed E-state index contributed by atoms with van der Waals surface area (Å²) in [5.74, 6) is 0.116. The maximum atomic E-state index is 9.68. The molecule has 1 aromatic carbocycles. The van der Waals surface area contributed by atoms with Gasteiger partial charge in [0.25, 0.3) is 0 Å². The molecule has 1 aliphatic rings. The minimum absolute atomic E-state index is 0.116. The predicted molar refractivity (Wildman–Crippen MR) is 87.4 cm³/mol. The number of benzene rings is 1. The van der Waals surface area contributed by atoms with Gasteiger partial charge in [-0.15, -0.1) is 0 Å². The third-order valence-corrected chi connectivity index (χ3v) is 4.91. The van der Waals surface area contributed by atoms with E-state index in [1.165, 1.54) is 25.7 Å². The summed E-state index contributed by atoms with van der Waals surface area (Å²) in [6, 6.07) is 10.9. The summed E-state index contributed by atoms with van der Waals surface area (Å²) in [5, 5.41) is 14.4. The zero-order valence-corrected chi connectivity index (χ0v) is 13.7. The van der Waals surface area contributed by atoms with Gasteiger partial charge < -0.3 is 5.11 Å². The van der Waals surface area contributed by atoms with Gasteiger partial charge in [0.1, 0.15) is 0 Å². The van der Waals surface area contributed by atoms with Crippen LogP contribution in [0.1, 0.15) is 48.9 Å². The van der Waals surface area contributed by atoms with Gasteiger partial charge in [-0.05, 0) is 36.6 Å². The number of hydrogen-bond donors (Lipinski definition) is 1. The SMILES string of the molecule is OCC(Cc1ccn(C2CCCC2)n1)c1ccc(Br)cc1. The molecule has 1 unspecified atom stereocenters. The summed E-state index contributed by atoms with van der Waals surface area (Å²) in [4.78, 5) is 0. The zero-order chi connectivity index (χ0) is 14.7. The van der Waals surface area contributed by atoms with Crippen LogP contribution in [0.3, 0.4) is 0 Å². The first-order valence-electron chi connectivity index (χ1n) is 7.66. The molecule has 21 heavy (non-hydrogen) atoms. The highest BCUT2D eigenvalue weighted by Gasteiger charge is 2.19. The van der Waals surface area contributed by atoms with Gasteiger partial charge in [-0.2, -0.15) is 5.10 Å². The molecule has 1 heterocycles. The molecular weight excluding hydrogens is 328 g/mol. The van der Waals surface area contributed by atoms with Gasteiger partial charge >= 0.3 is 0 Å². The minimum Gasteiger partial charge on any atom is -0.396 e. The lowest BCUT2D eigenvalue weighted by Gasteiger charge is -2.14. The van der Waals surface area contributed by atoms with E-state index >= 15 is 0 Å². The average Bonchev–Trinajstić information content (AvgIpc) is 3.17. The summed E-state index contributed by atoms with van der Waals surface area (Å²) in [5.41, 5.74) is 2.24. The number of aliphatic hydroxyl groups is 1. The van der Waals surface area contributed by atoms with E-state index in [4.69, 9.17) is 5.10 Å². The summed E-state index contributed by atoms with van der Waals surface area (Å²) < 4.78 is 3.19. The topological polar surface area (TPSA) is 38.0 Å². The molecule has 1 atom stereocenters. The van der Waals surface area contributed by atoms with Crippen LogP contribution >= 0.6 is 15.9 Å².